The monoisotopic (exact) mass is 141 g/mol. The molecule has 2 aliphatic heterocycles. The quantitative estimate of drug-likeness (QED) is 0.525. The van der Waals surface area contributed by atoms with Crippen molar-refractivity contribution in [1.82, 2.24) is 4.90 Å². The Bertz CT molecular complexity index is 142. The average molecular weight is 141 g/mol. The molecule has 1 unspecified atom stereocenters. The molecule has 2 heterocycles. The van der Waals surface area contributed by atoms with Crippen molar-refractivity contribution in [2.24, 2.45) is 5.41 Å². The summed E-state index contributed by atoms with van der Waals surface area (Å²) in [6, 6.07) is 0.845. The van der Waals surface area contributed by atoms with Crippen LogP contribution < -0.4 is 0 Å². The van der Waals surface area contributed by atoms with Crippen molar-refractivity contribution in [3.8, 4) is 0 Å². The smallest absolute Gasteiger partial charge is 0.0554 e. The second-order valence-electron chi connectivity index (χ2n) is 4.08. The van der Waals surface area contributed by atoms with E-state index in [1.54, 1.807) is 0 Å². The number of hydrogen-bond acceptors (Lipinski definition) is 2. The van der Waals surface area contributed by atoms with Crippen molar-refractivity contribution in [3.05, 3.63) is 0 Å². The summed E-state index contributed by atoms with van der Waals surface area (Å²) in [6.07, 6.45) is 0. The van der Waals surface area contributed by atoms with E-state index in [2.05, 4.69) is 18.7 Å². The van der Waals surface area contributed by atoms with Crippen molar-refractivity contribution in [3.63, 3.8) is 0 Å². The maximum atomic E-state index is 5.18. The largest absolute Gasteiger partial charge is 0.380 e. The standard InChI is InChI=1S/C8H15NO/c1-7-3-9(7)4-8(2)5-10-6-8/h7H,3-6H2,1-2H3/t7-,9?/m1/s1. The predicted octanol–water partition coefficient (Wildman–Crippen LogP) is 0.727. The summed E-state index contributed by atoms with van der Waals surface area (Å²) in [6.45, 7) is 9.07. The normalized spacial score (nSPS) is 42.6. The molecule has 2 nitrogen and oxygen atoms in total. The Kier molecular flexibility index (Phi) is 1.29. The summed E-state index contributed by atoms with van der Waals surface area (Å²) in [7, 11) is 0. The third kappa shape index (κ3) is 1.06. The van der Waals surface area contributed by atoms with Gasteiger partial charge < -0.3 is 4.74 Å². The van der Waals surface area contributed by atoms with Gasteiger partial charge in [-0.3, -0.25) is 4.90 Å². The van der Waals surface area contributed by atoms with E-state index in [-0.39, 0.29) is 0 Å². The van der Waals surface area contributed by atoms with Crippen LogP contribution in [0.5, 0.6) is 0 Å². The minimum atomic E-state index is 0.491. The van der Waals surface area contributed by atoms with Crippen molar-refractivity contribution in [2.45, 2.75) is 19.9 Å². The minimum Gasteiger partial charge on any atom is -0.380 e. The molecule has 58 valence electrons. The van der Waals surface area contributed by atoms with Gasteiger partial charge in [0, 0.05) is 24.5 Å². The second-order valence-corrected chi connectivity index (χ2v) is 4.08. The molecule has 0 bridgehead atoms. The Balaban J connectivity index is 1.79. The zero-order chi connectivity index (χ0) is 7.19. The SMILES string of the molecule is C[C@@H]1CN1CC1(C)COC1. The van der Waals surface area contributed by atoms with Crippen LogP contribution in [0.25, 0.3) is 0 Å². The molecular weight excluding hydrogens is 126 g/mol. The van der Waals surface area contributed by atoms with Crippen LogP contribution in [0.1, 0.15) is 13.8 Å². The molecule has 2 fully saturated rings. The molecule has 0 radical (unpaired) electrons. The van der Waals surface area contributed by atoms with Gasteiger partial charge in [0.25, 0.3) is 0 Å². The van der Waals surface area contributed by atoms with E-state index in [9.17, 15) is 0 Å². The van der Waals surface area contributed by atoms with Gasteiger partial charge in [-0.2, -0.15) is 0 Å². The number of nitrogens with zero attached hydrogens (tertiary/aromatic N) is 1. The summed E-state index contributed by atoms with van der Waals surface area (Å²) in [5.41, 5.74) is 0.491. The van der Waals surface area contributed by atoms with Crippen LogP contribution in [0.2, 0.25) is 0 Å². The summed E-state index contributed by atoms with van der Waals surface area (Å²) < 4.78 is 5.18. The lowest BCUT2D eigenvalue weighted by molar-refractivity contribution is -0.106. The molecule has 2 saturated heterocycles. The van der Waals surface area contributed by atoms with Gasteiger partial charge in [0.1, 0.15) is 0 Å². The van der Waals surface area contributed by atoms with Gasteiger partial charge in [0.15, 0.2) is 0 Å². The zero-order valence-electron chi connectivity index (χ0n) is 6.76. The average Bonchev–Trinajstić information content (AvgIpc) is 2.43. The first-order chi connectivity index (χ1) is 4.70. The van der Waals surface area contributed by atoms with E-state index in [0.29, 0.717) is 5.41 Å². The van der Waals surface area contributed by atoms with Crippen molar-refractivity contribution in [2.75, 3.05) is 26.3 Å². The minimum absolute atomic E-state index is 0.491. The topological polar surface area (TPSA) is 12.2 Å². The molecule has 2 atom stereocenters. The first kappa shape index (κ1) is 6.62. The van der Waals surface area contributed by atoms with Crippen LogP contribution in [-0.2, 0) is 4.74 Å². The summed E-state index contributed by atoms with van der Waals surface area (Å²) in [5.74, 6) is 0. The molecule has 0 aliphatic carbocycles. The predicted molar refractivity (Wildman–Crippen MR) is 40.0 cm³/mol. The summed E-state index contributed by atoms with van der Waals surface area (Å²) in [5, 5.41) is 0. The first-order valence-corrected chi connectivity index (χ1v) is 4.01. The van der Waals surface area contributed by atoms with E-state index in [0.717, 1.165) is 19.3 Å². The van der Waals surface area contributed by atoms with Gasteiger partial charge in [-0.25, -0.2) is 0 Å². The Morgan fingerprint density at radius 2 is 2.20 bits per heavy atom. The molecule has 0 aromatic rings. The van der Waals surface area contributed by atoms with Gasteiger partial charge in [0.2, 0.25) is 0 Å². The number of rotatable bonds is 2. The van der Waals surface area contributed by atoms with Crippen molar-refractivity contribution in [1.29, 1.82) is 0 Å². The third-order valence-corrected chi connectivity index (χ3v) is 2.47. The molecule has 10 heavy (non-hydrogen) atoms. The highest BCUT2D eigenvalue weighted by Crippen LogP contribution is 2.31. The Morgan fingerprint density at radius 3 is 2.50 bits per heavy atom. The third-order valence-electron chi connectivity index (χ3n) is 2.47. The molecule has 0 saturated carbocycles. The van der Waals surface area contributed by atoms with Crippen LogP contribution in [-0.4, -0.2) is 37.2 Å². The lowest BCUT2D eigenvalue weighted by Gasteiger charge is -2.38. The molecular formula is C8H15NO. The van der Waals surface area contributed by atoms with E-state index in [1.165, 1.54) is 13.1 Å². The van der Waals surface area contributed by atoms with Crippen LogP contribution in [0.4, 0.5) is 0 Å². The van der Waals surface area contributed by atoms with Gasteiger partial charge in [-0.05, 0) is 6.92 Å². The van der Waals surface area contributed by atoms with E-state index in [1.807, 2.05) is 0 Å². The molecule has 2 aliphatic rings. The Hall–Kier alpha value is -0.0800. The van der Waals surface area contributed by atoms with Gasteiger partial charge in [-0.15, -0.1) is 0 Å². The highest BCUT2D eigenvalue weighted by Gasteiger charge is 2.40. The molecule has 0 spiro atoms. The highest BCUT2D eigenvalue weighted by atomic mass is 16.5. The van der Waals surface area contributed by atoms with Crippen molar-refractivity contribution < 1.29 is 4.74 Å². The Morgan fingerprint density at radius 1 is 1.60 bits per heavy atom. The summed E-state index contributed by atoms with van der Waals surface area (Å²) >= 11 is 0. The van der Waals surface area contributed by atoms with Crippen LogP contribution >= 0.6 is 0 Å². The van der Waals surface area contributed by atoms with Crippen LogP contribution in [0.15, 0.2) is 0 Å². The fraction of sp³-hybridized carbons (Fsp3) is 1.00. The van der Waals surface area contributed by atoms with Crippen LogP contribution in [0, 0.1) is 5.41 Å². The fourth-order valence-electron chi connectivity index (χ4n) is 1.54. The fourth-order valence-corrected chi connectivity index (χ4v) is 1.54. The van der Waals surface area contributed by atoms with E-state index in [4.69, 9.17) is 4.74 Å². The van der Waals surface area contributed by atoms with Gasteiger partial charge >= 0.3 is 0 Å². The lowest BCUT2D eigenvalue weighted by atomic mass is 9.89. The van der Waals surface area contributed by atoms with E-state index >= 15 is 0 Å². The number of hydrogen-bond donors (Lipinski definition) is 0. The Labute approximate surface area is 62.2 Å². The molecule has 0 aromatic heterocycles. The first-order valence-electron chi connectivity index (χ1n) is 4.01. The van der Waals surface area contributed by atoms with E-state index < -0.39 is 0 Å². The van der Waals surface area contributed by atoms with Crippen molar-refractivity contribution >= 4 is 0 Å². The maximum absolute atomic E-state index is 5.18. The molecule has 0 amide bonds. The number of ether oxygens (including phenoxy) is 1. The molecule has 2 heteroatoms. The zero-order valence-corrected chi connectivity index (χ0v) is 6.76. The maximum Gasteiger partial charge on any atom is 0.0554 e. The molecule has 0 N–H and O–H groups in total. The van der Waals surface area contributed by atoms with Gasteiger partial charge in [0.05, 0.1) is 13.2 Å². The lowest BCUT2D eigenvalue weighted by Crippen LogP contribution is -2.45. The van der Waals surface area contributed by atoms with Crippen LogP contribution in [0.3, 0.4) is 0 Å². The molecule has 0 aromatic carbocycles. The summed E-state index contributed by atoms with van der Waals surface area (Å²) in [4.78, 5) is 2.50. The van der Waals surface area contributed by atoms with Gasteiger partial charge in [-0.1, -0.05) is 6.92 Å². The highest BCUT2D eigenvalue weighted by molar-refractivity contribution is 4.93. The molecule has 2 rings (SSSR count). The second kappa shape index (κ2) is 1.95.